The highest BCUT2D eigenvalue weighted by atomic mass is 32.2. The molecule has 1 N–H and O–H groups in total. The molecule has 0 amide bonds. The van der Waals surface area contributed by atoms with Gasteiger partial charge in [0.25, 0.3) is 10.1 Å². The van der Waals surface area contributed by atoms with Crippen LogP contribution < -0.4 is 0 Å². The topological polar surface area (TPSA) is 74.3 Å². The first-order valence-electron chi connectivity index (χ1n) is 5.10. The molecule has 0 aliphatic heterocycles. The first-order chi connectivity index (χ1) is 6.48. The summed E-state index contributed by atoms with van der Waals surface area (Å²) >= 11 is 0. The lowest BCUT2D eigenvalue weighted by Crippen LogP contribution is -2.17. The average molecular weight is 223 g/mol. The van der Waals surface area contributed by atoms with Gasteiger partial charge in [0.15, 0.2) is 0 Å². The van der Waals surface area contributed by atoms with E-state index in [0.717, 1.165) is 25.7 Å². The molecule has 1 atom stereocenters. The van der Waals surface area contributed by atoms with Crippen LogP contribution in [0.5, 0.6) is 0 Å². The van der Waals surface area contributed by atoms with Crippen LogP contribution in [0.15, 0.2) is 0 Å². The summed E-state index contributed by atoms with van der Waals surface area (Å²) in [6.07, 6.45) is 5.98. The van der Waals surface area contributed by atoms with Gasteiger partial charge in [-0.15, -0.1) is 0 Å². The zero-order chi connectivity index (χ0) is 11.0. The Labute approximate surface area is 86.1 Å². The van der Waals surface area contributed by atoms with Crippen LogP contribution in [-0.2, 0) is 15.2 Å². The molecule has 1 radical (unpaired) electrons. The fraction of sp³-hybridized carbons (Fsp3) is 1.00. The van der Waals surface area contributed by atoms with Crippen molar-refractivity contribution in [3.05, 3.63) is 0 Å². The number of rotatable bonds is 8. The molecule has 0 aromatic carbocycles. The highest BCUT2D eigenvalue weighted by Crippen LogP contribution is 2.11. The summed E-state index contributed by atoms with van der Waals surface area (Å²) in [5.41, 5.74) is -1.85. The van der Waals surface area contributed by atoms with Crippen molar-refractivity contribution in [1.29, 1.82) is 0 Å². The minimum absolute atomic E-state index is 0.0188. The van der Waals surface area contributed by atoms with Crippen molar-refractivity contribution in [2.45, 2.75) is 57.3 Å². The van der Waals surface area contributed by atoms with Crippen molar-refractivity contribution in [2.75, 3.05) is 0 Å². The molecule has 0 saturated heterocycles. The van der Waals surface area contributed by atoms with Gasteiger partial charge in [-0.1, -0.05) is 39.0 Å². The van der Waals surface area contributed by atoms with Crippen LogP contribution in [0.25, 0.3) is 0 Å². The molecule has 0 heterocycles. The van der Waals surface area contributed by atoms with Gasteiger partial charge in [0, 0.05) is 0 Å². The molecular weight excluding hydrogens is 204 g/mol. The lowest BCUT2D eigenvalue weighted by atomic mass is 10.1. The number of unbranched alkanes of at least 4 members (excludes halogenated alkanes) is 5. The molecule has 0 fully saturated rings. The van der Waals surface area contributed by atoms with Crippen molar-refractivity contribution < 1.29 is 18.1 Å². The van der Waals surface area contributed by atoms with Gasteiger partial charge >= 0.3 is 0 Å². The summed E-state index contributed by atoms with van der Waals surface area (Å²) in [7, 11) is -4.36. The van der Waals surface area contributed by atoms with E-state index < -0.39 is 15.6 Å². The molecule has 0 spiro atoms. The van der Waals surface area contributed by atoms with Crippen LogP contribution in [0.1, 0.15) is 51.9 Å². The molecule has 4 nitrogen and oxygen atoms in total. The predicted octanol–water partition coefficient (Wildman–Crippen LogP) is 2.38. The Morgan fingerprint density at radius 3 is 2.07 bits per heavy atom. The van der Waals surface area contributed by atoms with E-state index in [1.807, 2.05) is 0 Å². The Morgan fingerprint density at radius 2 is 1.57 bits per heavy atom. The molecule has 0 saturated carbocycles. The normalized spacial score (nSPS) is 14.2. The summed E-state index contributed by atoms with van der Waals surface area (Å²) in [6.45, 7) is 2.12. The average Bonchev–Trinajstić information content (AvgIpc) is 2.09. The second kappa shape index (κ2) is 7.20. The quantitative estimate of drug-likeness (QED) is 0.507. The van der Waals surface area contributed by atoms with Crippen LogP contribution >= 0.6 is 0 Å². The maximum atomic E-state index is 10.8. The summed E-state index contributed by atoms with van der Waals surface area (Å²) in [6, 6.07) is 0. The Morgan fingerprint density at radius 1 is 1.07 bits per heavy atom. The van der Waals surface area contributed by atoms with E-state index in [9.17, 15) is 13.5 Å². The Balaban J connectivity index is 3.37. The minimum atomic E-state index is -4.36. The fourth-order valence-corrected chi connectivity index (χ4v) is 1.70. The van der Waals surface area contributed by atoms with Crippen LogP contribution in [0.2, 0.25) is 0 Å². The van der Waals surface area contributed by atoms with E-state index in [2.05, 4.69) is 6.92 Å². The third-order valence-electron chi connectivity index (χ3n) is 2.13. The zero-order valence-corrected chi connectivity index (χ0v) is 9.42. The molecule has 0 aliphatic rings. The molecule has 14 heavy (non-hydrogen) atoms. The van der Waals surface area contributed by atoms with E-state index in [4.69, 9.17) is 4.55 Å². The second-order valence-electron chi connectivity index (χ2n) is 3.50. The van der Waals surface area contributed by atoms with Gasteiger partial charge in [0.1, 0.15) is 0 Å². The van der Waals surface area contributed by atoms with Gasteiger partial charge < -0.3 is 0 Å². The van der Waals surface area contributed by atoms with E-state index in [1.54, 1.807) is 0 Å². The highest BCUT2D eigenvalue weighted by molar-refractivity contribution is 7.86. The third-order valence-corrected chi connectivity index (χ3v) is 3.03. The van der Waals surface area contributed by atoms with Crippen molar-refractivity contribution in [3.8, 4) is 0 Å². The smallest absolute Gasteiger partial charge is 0.283 e. The molecule has 85 valence electrons. The van der Waals surface area contributed by atoms with Gasteiger partial charge in [0.2, 0.25) is 5.44 Å². The largest absolute Gasteiger partial charge is 0.295 e. The SMILES string of the molecule is CCCCCCCCC([O])S(=O)(=O)O. The molecule has 0 aromatic heterocycles. The molecule has 1 unspecified atom stereocenters. The Bertz CT molecular complexity index is 223. The first kappa shape index (κ1) is 13.9. The summed E-state index contributed by atoms with van der Waals surface area (Å²) in [5, 5.41) is 10.8. The third kappa shape index (κ3) is 7.29. The molecule has 0 aliphatic carbocycles. The minimum Gasteiger partial charge on any atom is -0.283 e. The summed E-state index contributed by atoms with van der Waals surface area (Å²) < 4.78 is 29.1. The fourth-order valence-electron chi connectivity index (χ4n) is 1.24. The van der Waals surface area contributed by atoms with Crippen molar-refractivity contribution in [3.63, 3.8) is 0 Å². The van der Waals surface area contributed by atoms with Gasteiger partial charge in [-0.3, -0.25) is 4.55 Å². The molecule has 0 bridgehead atoms. The van der Waals surface area contributed by atoms with E-state index in [0.29, 0.717) is 6.42 Å². The van der Waals surface area contributed by atoms with Crippen LogP contribution in [0.3, 0.4) is 0 Å². The molecular formula is C9H19O4S. The standard InChI is InChI=1S/C9H19O4S/c1-2-3-4-5-6-7-8-9(10)14(11,12)13/h9H,2-8H2,1H3,(H,11,12,13). The maximum Gasteiger partial charge on any atom is 0.295 e. The Kier molecular flexibility index (Phi) is 7.13. The van der Waals surface area contributed by atoms with E-state index in [1.165, 1.54) is 6.42 Å². The molecule has 0 rings (SSSR count). The van der Waals surface area contributed by atoms with Crippen LogP contribution in [0.4, 0.5) is 0 Å². The van der Waals surface area contributed by atoms with Crippen molar-refractivity contribution in [1.82, 2.24) is 0 Å². The lowest BCUT2D eigenvalue weighted by molar-refractivity contribution is 0.134. The lowest BCUT2D eigenvalue weighted by Gasteiger charge is -2.04. The monoisotopic (exact) mass is 223 g/mol. The molecule has 0 aromatic rings. The van der Waals surface area contributed by atoms with Gasteiger partial charge in [-0.25, -0.2) is 5.11 Å². The van der Waals surface area contributed by atoms with Gasteiger partial charge in [-0.05, 0) is 12.8 Å². The van der Waals surface area contributed by atoms with E-state index in [-0.39, 0.29) is 6.42 Å². The maximum absolute atomic E-state index is 10.8. The van der Waals surface area contributed by atoms with Crippen molar-refractivity contribution >= 4 is 10.1 Å². The van der Waals surface area contributed by atoms with E-state index >= 15 is 0 Å². The first-order valence-corrected chi connectivity index (χ1v) is 6.61. The van der Waals surface area contributed by atoms with Gasteiger partial charge in [-0.2, -0.15) is 8.42 Å². The van der Waals surface area contributed by atoms with Crippen LogP contribution in [-0.4, -0.2) is 18.4 Å². The predicted molar refractivity (Wildman–Crippen MR) is 54.0 cm³/mol. The van der Waals surface area contributed by atoms with Crippen molar-refractivity contribution in [2.24, 2.45) is 0 Å². The van der Waals surface area contributed by atoms with Gasteiger partial charge in [0.05, 0.1) is 0 Å². The number of hydrogen-bond donors (Lipinski definition) is 1. The van der Waals surface area contributed by atoms with Crippen LogP contribution in [0, 0.1) is 0 Å². The summed E-state index contributed by atoms with van der Waals surface area (Å²) in [4.78, 5) is 0. The second-order valence-corrected chi connectivity index (χ2v) is 5.06. The zero-order valence-electron chi connectivity index (χ0n) is 8.61. The molecule has 5 heteroatoms. The summed E-state index contributed by atoms with van der Waals surface area (Å²) in [5.74, 6) is 0. The Hall–Kier alpha value is -0.130. The number of hydrogen-bond acceptors (Lipinski definition) is 2. The highest BCUT2D eigenvalue weighted by Gasteiger charge is 2.20.